The lowest BCUT2D eigenvalue weighted by atomic mass is 10.1. The van der Waals surface area contributed by atoms with Gasteiger partial charge in [0.2, 0.25) is 0 Å². The molecule has 0 aliphatic carbocycles. The average Bonchev–Trinajstić information content (AvgIpc) is 3.01. The van der Waals surface area contributed by atoms with Gasteiger partial charge in [-0.1, -0.05) is 30.6 Å². The van der Waals surface area contributed by atoms with E-state index in [1.807, 2.05) is 0 Å². The molecule has 1 heterocycles. The van der Waals surface area contributed by atoms with Gasteiger partial charge in [-0.2, -0.15) is 13.2 Å². The highest BCUT2D eigenvalue weighted by atomic mass is 19.4. The number of carbonyl (C=O) groups is 2. The number of aromatic nitrogens is 2. The smallest absolute Gasteiger partial charge is 0.475 e. The van der Waals surface area contributed by atoms with Crippen molar-refractivity contribution in [1.82, 2.24) is 15.5 Å². The minimum absolute atomic E-state index is 0.103. The van der Waals surface area contributed by atoms with Crippen LogP contribution in [0.5, 0.6) is 0 Å². The molecule has 0 aliphatic rings. The zero-order chi connectivity index (χ0) is 19.7. The molecule has 0 spiro atoms. The third-order valence-electron chi connectivity index (χ3n) is 2.92. The molecule has 8 nitrogen and oxygen atoms in total. The summed E-state index contributed by atoms with van der Waals surface area (Å²) in [4.78, 5) is 33.9. The minimum Gasteiger partial charge on any atom is -0.475 e. The van der Waals surface area contributed by atoms with Crippen molar-refractivity contribution < 1.29 is 32.4 Å². The summed E-state index contributed by atoms with van der Waals surface area (Å²) in [5, 5.41) is 13.5. The minimum atomic E-state index is -5.08. The second-order valence-corrected chi connectivity index (χ2v) is 4.93. The van der Waals surface area contributed by atoms with Crippen LogP contribution in [0.3, 0.4) is 0 Å². The third kappa shape index (κ3) is 6.79. The second kappa shape index (κ2) is 9.39. The number of hydrogen-bond acceptors (Lipinski definition) is 5. The van der Waals surface area contributed by atoms with Gasteiger partial charge in [0.1, 0.15) is 0 Å². The largest absolute Gasteiger partial charge is 0.490 e. The number of nitrogens with one attached hydrogen (secondary N) is 2. The summed E-state index contributed by atoms with van der Waals surface area (Å²) in [5.41, 5.74) is 1.27. The van der Waals surface area contributed by atoms with Gasteiger partial charge in [0, 0.05) is 17.7 Å². The molecule has 0 atom stereocenters. The number of hydrogen-bond donors (Lipinski definition) is 3. The number of benzene rings is 1. The highest BCUT2D eigenvalue weighted by molar-refractivity contribution is 5.94. The molecule has 142 valence electrons. The number of aliphatic carboxylic acids is 1. The van der Waals surface area contributed by atoms with Gasteiger partial charge in [0.25, 0.3) is 5.91 Å². The molecule has 11 heteroatoms. The first kappa shape index (κ1) is 20.9. The maximum Gasteiger partial charge on any atom is 0.490 e. The van der Waals surface area contributed by atoms with Gasteiger partial charge in [-0.15, -0.1) is 0 Å². The Morgan fingerprint density at radius 2 is 1.85 bits per heavy atom. The molecular weight excluding hydrogens is 359 g/mol. The van der Waals surface area contributed by atoms with Crippen molar-refractivity contribution in [2.75, 3.05) is 6.54 Å². The zero-order valence-electron chi connectivity index (χ0n) is 13.6. The van der Waals surface area contributed by atoms with E-state index in [1.165, 1.54) is 0 Å². The molecule has 0 aliphatic heterocycles. The normalized spacial score (nSPS) is 10.6. The molecule has 0 radical (unpaired) electrons. The molecule has 1 aromatic carbocycles. The van der Waals surface area contributed by atoms with Gasteiger partial charge in [0.05, 0.1) is 0 Å². The van der Waals surface area contributed by atoms with E-state index in [-0.39, 0.29) is 5.91 Å². The van der Waals surface area contributed by atoms with E-state index in [2.05, 4.69) is 26.9 Å². The van der Waals surface area contributed by atoms with Gasteiger partial charge in [-0.25, -0.2) is 9.59 Å². The number of H-pyrrole nitrogens is 1. The van der Waals surface area contributed by atoms with E-state index in [1.54, 1.807) is 24.3 Å². The lowest BCUT2D eigenvalue weighted by molar-refractivity contribution is -0.192. The summed E-state index contributed by atoms with van der Waals surface area (Å²) >= 11 is 0. The van der Waals surface area contributed by atoms with Gasteiger partial charge in [-0.3, -0.25) is 14.3 Å². The van der Waals surface area contributed by atoms with Gasteiger partial charge < -0.3 is 10.4 Å². The second-order valence-electron chi connectivity index (χ2n) is 4.93. The van der Waals surface area contributed by atoms with Gasteiger partial charge >= 0.3 is 17.9 Å². The number of carbonyl (C=O) groups excluding carboxylic acids is 1. The molecule has 3 N–H and O–H groups in total. The summed E-state index contributed by atoms with van der Waals surface area (Å²) in [6.45, 7) is 2.74. The van der Waals surface area contributed by atoms with E-state index in [0.717, 1.165) is 12.8 Å². The number of rotatable bonds is 5. The Morgan fingerprint density at radius 1 is 1.27 bits per heavy atom. The molecule has 2 rings (SSSR count). The third-order valence-corrected chi connectivity index (χ3v) is 2.92. The van der Waals surface area contributed by atoms with Crippen LogP contribution in [-0.4, -0.2) is 39.8 Å². The van der Waals surface area contributed by atoms with Gasteiger partial charge in [0.15, 0.2) is 5.82 Å². The quantitative estimate of drug-likeness (QED) is 0.688. The Labute approximate surface area is 145 Å². The zero-order valence-corrected chi connectivity index (χ0v) is 13.6. The summed E-state index contributed by atoms with van der Waals surface area (Å²) < 4.78 is 36.2. The fraction of sp³-hybridized carbons (Fsp3) is 0.333. The Kier molecular flexibility index (Phi) is 7.56. The lowest BCUT2D eigenvalue weighted by Crippen LogP contribution is -2.24. The molecule has 0 saturated heterocycles. The van der Waals surface area contributed by atoms with Gasteiger partial charge in [-0.05, 0) is 18.6 Å². The van der Waals surface area contributed by atoms with E-state index < -0.39 is 17.9 Å². The fourth-order valence-corrected chi connectivity index (χ4v) is 1.61. The topological polar surface area (TPSA) is 125 Å². The van der Waals surface area contributed by atoms with E-state index >= 15 is 0 Å². The Hall–Kier alpha value is -3.11. The molecule has 2 aromatic rings. The SMILES string of the molecule is CCCCNC(=O)c1ccc(-c2noc(=O)[nH]2)cc1.O=C(O)C(F)(F)F. The van der Waals surface area contributed by atoms with Crippen LogP contribution in [0.1, 0.15) is 30.1 Å². The lowest BCUT2D eigenvalue weighted by Gasteiger charge is -2.04. The maximum atomic E-state index is 11.8. The number of amides is 1. The maximum absolute atomic E-state index is 11.8. The van der Waals surface area contributed by atoms with E-state index in [4.69, 9.17) is 9.90 Å². The number of carboxylic acids is 1. The predicted octanol–water partition coefficient (Wildman–Crippen LogP) is 2.19. The average molecular weight is 375 g/mol. The Bertz CT molecular complexity index is 781. The monoisotopic (exact) mass is 375 g/mol. The number of halogens is 3. The molecule has 26 heavy (non-hydrogen) atoms. The number of aromatic amines is 1. The van der Waals surface area contributed by atoms with Crippen LogP contribution in [-0.2, 0) is 4.79 Å². The first-order valence-electron chi connectivity index (χ1n) is 7.40. The molecular formula is C15H16F3N3O5. The number of alkyl halides is 3. The first-order valence-corrected chi connectivity index (χ1v) is 7.40. The van der Waals surface area contributed by atoms with Crippen LogP contribution in [0, 0.1) is 0 Å². The molecule has 0 unspecified atom stereocenters. The Morgan fingerprint density at radius 3 is 2.27 bits per heavy atom. The molecule has 0 fully saturated rings. The summed E-state index contributed by atoms with van der Waals surface area (Å²) in [6, 6.07) is 6.79. The van der Waals surface area contributed by atoms with Crippen LogP contribution in [0.2, 0.25) is 0 Å². The molecule has 0 bridgehead atoms. The van der Waals surface area contributed by atoms with Crippen LogP contribution in [0.15, 0.2) is 33.6 Å². The van der Waals surface area contributed by atoms with Crippen LogP contribution in [0.25, 0.3) is 11.4 Å². The predicted molar refractivity (Wildman–Crippen MR) is 83.5 cm³/mol. The number of unbranched alkanes of at least 4 members (excludes halogenated alkanes) is 1. The summed E-state index contributed by atoms with van der Waals surface area (Å²) in [7, 11) is 0. The van der Waals surface area contributed by atoms with Crippen LogP contribution >= 0.6 is 0 Å². The highest BCUT2D eigenvalue weighted by Crippen LogP contribution is 2.14. The summed E-state index contributed by atoms with van der Waals surface area (Å²) in [6.07, 6.45) is -3.08. The molecule has 1 amide bonds. The Balaban J connectivity index is 0.000000412. The van der Waals surface area contributed by atoms with Crippen molar-refractivity contribution in [2.45, 2.75) is 25.9 Å². The first-order chi connectivity index (χ1) is 12.1. The van der Waals surface area contributed by atoms with Crippen molar-refractivity contribution in [1.29, 1.82) is 0 Å². The number of nitrogens with zero attached hydrogens (tertiary/aromatic N) is 1. The standard InChI is InChI=1S/C13H15N3O3.C2HF3O2/c1-2-3-8-14-12(17)10-6-4-9(5-7-10)11-15-13(18)19-16-11;3-2(4,5)1(6)7/h4-7H,2-3,8H2,1H3,(H,14,17)(H,15,16,18);(H,6,7). The van der Waals surface area contributed by atoms with Crippen molar-refractivity contribution in [2.24, 2.45) is 0 Å². The van der Waals surface area contributed by atoms with Crippen molar-refractivity contribution in [3.8, 4) is 11.4 Å². The van der Waals surface area contributed by atoms with Crippen LogP contribution < -0.4 is 11.1 Å². The van der Waals surface area contributed by atoms with Crippen LogP contribution in [0.4, 0.5) is 13.2 Å². The van der Waals surface area contributed by atoms with E-state index in [0.29, 0.717) is 23.5 Å². The van der Waals surface area contributed by atoms with Crippen molar-refractivity contribution in [3.05, 3.63) is 40.4 Å². The summed E-state index contributed by atoms with van der Waals surface area (Å²) in [5.74, 6) is -3.11. The molecule has 0 saturated carbocycles. The highest BCUT2D eigenvalue weighted by Gasteiger charge is 2.38. The van der Waals surface area contributed by atoms with Crippen molar-refractivity contribution in [3.63, 3.8) is 0 Å². The van der Waals surface area contributed by atoms with E-state index in [9.17, 15) is 22.8 Å². The van der Waals surface area contributed by atoms with Crippen molar-refractivity contribution >= 4 is 11.9 Å². The number of carboxylic acid groups (broad SMARTS) is 1. The molecule has 1 aromatic heterocycles. The fourth-order valence-electron chi connectivity index (χ4n) is 1.61.